The average molecular weight is 842 g/mol. The number of aromatic hydroxyl groups is 1. The Hall–Kier alpha value is -5.57. The van der Waals surface area contributed by atoms with Crippen LogP contribution in [-0.4, -0.2) is 19.6 Å². The number of hydrogen-bond acceptors (Lipinski definition) is 3. The summed E-state index contributed by atoms with van der Waals surface area (Å²) in [4.78, 5) is 10.3. The Bertz CT molecular complexity index is 2420. The van der Waals surface area contributed by atoms with Crippen LogP contribution in [-0.2, 0) is 26.5 Å². The number of rotatable bonds is 6. The molecule has 6 aromatic carbocycles. The zero-order chi connectivity index (χ0) is 34.2. The second-order valence-electron chi connectivity index (χ2n) is 13.6. The second-order valence-corrected chi connectivity index (χ2v) is 13.6. The van der Waals surface area contributed by atoms with Crippen LogP contribution in [0.15, 0.2) is 158 Å². The van der Waals surface area contributed by atoms with Crippen LogP contribution in [0, 0.1) is 6.07 Å². The van der Waals surface area contributed by atoms with Gasteiger partial charge >= 0.3 is 0 Å². The standard InChI is InChI=1S/C46H36N3O.Pt/c1-46(2,3)36-28-34-21-14-26-47-43(34)40(29-36)41-30-49(45(48-41)35-20-12-19-33(27-35)37-22-10-11-25-42(37)50)44-38(31-15-6-4-7-16-31)23-13-24-39(44)32-17-8-5-9-18-32;/h4-26,28-30,50H,1-3H3;/q-1;. The van der Waals surface area contributed by atoms with Gasteiger partial charge in [0.15, 0.2) is 0 Å². The monoisotopic (exact) mass is 841 g/mol. The van der Waals surface area contributed by atoms with Crippen molar-refractivity contribution in [3.63, 3.8) is 0 Å². The first-order valence-corrected chi connectivity index (χ1v) is 16.9. The minimum Gasteiger partial charge on any atom is -0.515 e. The maximum atomic E-state index is 10.8. The molecule has 1 N–H and O–H groups in total. The van der Waals surface area contributed by atoms with Crippen molar-refractivity contribution in [3.05, 3.63) is 170 Å². The average Bonchev–Trinajstić information content (AvgIpc) is 3.60. The molecule has 0 atom stereocenters. The quantitative estimate of drug-likeness (QED) is 0.170. The molecule has 0 aliphatic rings. The molecule has 0 saturated heterocycles. The van der Waals surface area contributed by atoms with Crippen LogP contribution in [0.5, 0.6) is 5.75 Å². The van der Waals surface area contributed by atoms with Gasteiger partial charge in [0, 0.05) is 55.5 Å². The molecule has 2 heterocycles. The van der Waals surface area contributed by atoms with Crippen LogP contribution in [0.2, 0.25) is 0 Å². The predicted molar refractivity (Wildman–Crippen MR) is 205 cm³/mol. The van der Waals surface area contributed by atoms with Gasteiger partial charge < -0.3 is 9.67 Å². The number of benzene rings is 6. The summed E-state index contributed by atoms with van der Waals surface area (Å²) in [5.74, 6) is 0.949. The van der Waals surface area contributed by atoms with Crippen LogP contribution in [0.4, 0.5) is 0 Å². The van der Waals surface area contributed by atoms with E-state index in [9.17, 15) is 5.11 Å². The maximum Gasteiger partial charge on any atom is 0.0901 e. The Morgan fingerprint density at radius 1 is 0.608 bits per heavy atom. The van der Waals surface area contributed by atoms with Crippen molar-refractivity contribution >= 4 is 10.9 Å². The van der Waals surface area contributed by atoms with Crippen LogP contribution < -0.4 is 0 Å². The Kier molecular flexibility index (Phi) is 9.29. The summed E-state index contributed by atoms with van der Waals surface area (Å²) in [6.45, 7) is 6.71. The molecular formula is C46H36N3OPt-. The number of aromatic nitrogens is 3. The summed E-state index contributed by atoms with van der Waals surface area (Å²) in [5, 5.41) is 11.9. The van der Waals surface area contributed by atoms with Gasteiger partial charge in [-0.15, -0.1) is 29.8 Å². The Balaban J connectivity index is 0.00000406. The van der Waals surface area contributed by atoms with Crippen molar-refractivity contribution < 1.29 is 26.2 Å². The summed E-state index contributed by atoms with van der Waals surface area (Å²) in [6.07, 6.45) is 4.00. The SMILES string of the molecule is CC(C)(C)c1cc(-c2cn(-c3c(-c4ccccc4)cccc3-c3ccccc3)c(-c3[c-]c(-c4ccccc4O)ccc3)n2)c2ncccc2c1.[Pt]. The van der Waals surface area contributed by atoms with Gasteiger partial charge in [0.05, 0.1) is 28.5 Å². The molecule has 0 spiro atoms. The molecule has 0 saturated carbocycles. The summed E-state index contributed by atoms with van der Waals surface area (Å²) < 4.78 is 2.22. The van der Waals surface area contributed by atoms with Gasteiger partial charge in [-0.1, -0.05) is 129 Å². The van der Waals surface area contributed by atoms with E-state index in [1.807, 2.05) is 60.8 Å². The Morgan fingerprint density at radius 3 is 1.88 bits per heavy atom. The molecule has 8 rings (SSSR count). The van der Waals surface area contributed by atoms with Gasteiger partial charge in [-0.05, 0) is 51.9 Å². The molecule has 252 valence electrons. The predicted octanol–water partition coefficient (Wildman–Crippen LogP) is 11.6. The third-order valence-corrected chi connectivity index (χ3v) is 9.23. The van der Waals surface area contributed by atoms with Gasteiger partial charge in [0.1, 0.15) is 0 Å². The van der Waals surface area contributed by atoms with E-state index in [1.165, 1.54) is 5.56 Å². The largest absolute Gasteiger partial charge is 0.515 e. The fourth-order valence-corrected chi connectivity index (χ4v) is 6.65. The fourth-order valence-electron chi connectivity index (χ4n) is 6.65. The first kappa shape index (κ1) is 33.9. The van der Waals surface area contributed by atoms with Crippen molar-refractivity contribution in [1.82, 2.24) is 14.5 Å². The van der Waals surface area contributed by atoms with Crippen molar-refractivity contribution in [3.8, 4) is 67.5 Å². The smallest absolute Gasteiger partial charge is 0.0901 e. The normalized spacial score (nSPS) is 11.4. The molecule has 0 aliphatic carbocycles. The van der Waals surface area contributed by atoms with E-state index in [-0.39, 0.29) is 32.2 Å². The molecule has 2 aromatic heterocycles. The summed E-state index contributed by atoms with van der Waals surface area (Å²) in [5.41, 5.74) is 11.5. The van der Waals surface area contributed by atoms with Crippen molar-refractivity contribution in [1.29, 1.82) is 0 Å². The number of phenols is 1. The van der Waals surface area contributed by atoms with Gasteiger partial charge in [-0.25, -0.2) is 0 Å². The molecule has 0 unspecified atom stereocenters. The first-order valence-electron chi connectivity index (χ1n) is 16.9. The van der Waals surface area contributed by atoms with E-state index in [0.717, 1.165) is 72.6 Å². The molecular weight excluding hydrogens is 806 g/mol. The number of hydrogen-bond donors (Lipinski definition) is 1. The van der Waals surface area contributed by atoms with Crippen molar-refractivity contribution in [2.45, 2.75) is 26.2 Å². The van der Waals surface area contributed by atoms with Crippen LogP contribution >= 0.6 is 0 Å². The van der Waals surface area contributed by atoms with E-state index < -0.39 is 0 Å². The van der Waals surface area contributed by atoms with Crippen LogP contribution in [0.3, 0.4) is 0 Å². The van der Waals surface area contributed by atoms with Gasteiger partial charge in [0.25, 0.3) is 0 Å². The molecule has 0 fully saturated rings. The Morgan fingerprint density at radius 2 is 1.22 bits per heavy atom. The van der Waals surface area contributed by atoms with E-state index >= 15 is 0 Å². The molecule has 0 amide bonds. The molecule has 8 aromatic rings. The van der Waals surface area contributed by atoms with Crippen LogP contribution in [0.25, 0.3) is 72.6 Å². The van der Waals surface area contributed by atoms with Crippen molar-refractivity contribution in [2.75, 3.05) is 0 Å². The van der Waals surface area contributed by atoms with Gasteiger partial charge in [-0.2, -0.15) is 0 Å². The van der Waals surface area contributed by atoms with E-state index in [0.29, 0.717) is 0 Å². The first-order chi connectivity index (χ1) is 24.3. The zero-order valence-corrected chi connectivity index (χ0v) is 30.9. The third-order valence-electron chi connectivity index (χ3n) is 9.23. The number of imidazole rings is 1. The molecule has 0 aliphatic heterocycles. The third kappa shape index (κ3) is 6.56. The Labute approximate surface area is 313 Å². The summed E-state index contributed by atoms with van der Waals surface area (Å²) in [7, 11) is 0. The number of nitrogens with zero attached hydrogens (tertiary/aromatic N) is 3. The fraction of sp³-hybridized carbons (Fsp3) is 0.0870. The minimum atomic E-state index is -0.0790. The van der Waals surface area contributed by atoms with E-state index in [4.69, 9.17) is 9.97 Å². The number of pyridine rings is 1. The molecule has 0 radical (unpaired) electrons. The van der Waals surface area contributed by atoms with Crippen molar-refractivity contribution in [2.24, 2.45) is 0 Å². The number of para-hydroxylation sites is 2. The molecule has 0 bridgehead atoms. The minimum absolute atomic E-state index is 0. The number of phenolic OH excluding ortho intramolecular Hbond substituents is 1. The molecule has 4 nitrogen and oxygen atoms in total. The number of fused-ring (bicyclic) bond motifs is 1. The van der Waals surface area contributed by atoms with E-state index in [1.54, 1.807) is 6.07 Å². The van der Waals surface area contributed by atoms with Crippen LogP contribution in [0.1, 0.15) is 26.3 Å². The topological polar surface area (TPSA) is 50.9 Å². The van der Waals surface area contributed by atoms with Gasteiger partial charge in [0.2, 0.25) is 0 Å². The zero-order valence-electron chi connectivity index (χ0n) is 28.6. The maximum absolute atomic E-state index is 10.8. The molecule has 5 heteroatoms. The van der Waals surface area contributed by atoms with Gasteiger partial charge in [-0.3, -0.25) is 9.97 Å². The molecule has 51 heavy (non-hydrogen) atoms. The van der Waals surface area contributed by atoms with E-state index in [2.05, 4.69) is 123 Å². The second kappa shape index (κ2) is 14.0. The summed E-state index contributed by atoms with van der Waals surface area (Å²) >= 11 is 0. The summed E-state index contributed by atoms with van der Waals surface area (Å²) in [6, 6.07) is 53.1.